The molecule has 0 rings (SSSR count). The smallest absolute Gasteiger partial charge is 0.112 e. The van der Waals surface area contributed by atoms with Crippen molar-refractivity contribution in [3.8, 4) is 0 Å². The van der Waals surface area contributed by atoms with Crippen molar-refractivity contribution in [2.45, 2.75) is 149 Å². The highest BCUT2D eigenvalue weighted by atomic mass is 16.4. The highest BCUT2D eigenvalue weighted by Gasteiger charge is 2.41. The van der Waals surface area contributed by atoms with Crippen molar-refractivity contribution < 1.29 is 24.9 Å². The summed E-state index contributed by atoms with van der Waals surface area (Å²) in [6.45, 7) is 8.47. The number of carboxylic acid groups (broad SMARTS) is 2. The lowest BCUT2D eigenvalue weighted by Crippen LogP contribution is -2.59. The molecule has 4 atom stereocenters. The Morgan fingerprint density at radius 1 is 0.667 bits per heavy atom. The van der Waals surface area contributed by atoms with E-state index in [0.717, 1.165) is 103 Å². The molecule has 5 nitrogen and oxygen atoms in total. The minimum Gasteiger partial charge on any atom is -0.550 e. The van der Waals surface area contributed by atoms with Gasteiger partial charge in [0.15, 0.2) is 0 Å². The van der Waals surface area contributed by atoms with Gasteiger partial charge in [0.25, 0.3) is 0 Å². The standard InChI is InChI=1S/C28H54O5/c1-5-9-13-15-19-23(17-11-7-3)21-25(26(29)30)28(33,27(31)32)22-24(18-12-8-4)20-16-14-10-6-2/h23-25,33H,5-22H2,1-4H3,(H,29,30)(H,31,32)/p-2. The lowest BCUT2D eigenvalue weighted by Gasteiger charge is -2.41. The summed E-state index contributed by atoms with van der Waals surface area (Å²) in [4.78, 5) is 24.4. The van der Waals surface area contributed by atoms with E-state index in [2.05, 4.69) is 27.7 Å². The normalized spacial score (nSPS) is 16.2. The SMILES string of the molecule is CCCCCCC(CCCC)CC(C(=O)[O-])C(O)(CC(CCCC)CCCCCC)C(=O)[O-]. The molecule has 0 aliphatic rings. The van der Waals surface area contributed by atoms with Crippen LogP contribution in [0.4, 0.5) is 0 Å². The monoisotopic (exact) mass is 468 g/mol. The van der Waals surface area contributed by atoms with Crippen LogP contribution >= 0.6 is 0 Å². The number of unbranched alkanes of at least 4 members (excludes halogenated alkanes) is 8. The molecular weight excluding hydrogens is 416 g/mol. The second-order valence-electron chi connectivity index (χ2n) is 10.2. The Morgan fingerprint density at radius 2 is 1.09 bits per heavy atom. The number of carboxylic acids is 2. The highest BCUT2D eigenvalue weighted by Crippen LogP contribution is 2.36. The molecule has 33 heavy (non-hydrogen) atoms. The molecule has 1 N–H and O–H groups in total. The van der Waals surface area contributed by atoms with E-state index in [4.69, 9.17) is 0 Å². The second kappa shape index (κ2) is 19.2. The number of aliphatic hydroxyl groups is 1. The van der Waals surface area contributed by atoms with E-state index in [9.17, 15) is 24.9 Å². The van der Waals surface area contributed by atoms with Gasteiger partial charge in [0, 0.05) is 11.9 Å². The Hall–Kier alpha value is -1.10. The fraction of sp³-hybridized carbons (Fsp3) is 0.929. The molecule has 0 spiro atoms. The van der Waals surface area contributed by atoms with Crippen molar-refractivity contribution in [1.82, 2.24) is 0 Å². The predicted molar refractivity (Wildman–Crippen MR) is 131 cm³/mol. The summed E-state index contributed by atoms with van der Waals surface area (Å²) < 4.78 is 0. The van der Waals surface area contributed by atoms with Crippen molar-refractivity contribution in [2.75, 3.05) is 0 Å². The molecule has 0 fully saturated rings. The second-order valence-corrected chi connectivity index (χ2v) is 10.2. The highest BCUT2D eigenvalue weighted by molar-refractivity contribution is 5.83. The maximum absolute atomic E-state index is 12.2. The van der Waals surface area contributed by atoms with E-state index in [-0.39, 0.29) is 24.7 Å². The largest absolute Gasteiger partial charge is 0.550 e. The first-order valence-electron chi connectivity index (χ1n) is 13.9. The van der Waals surface area contributed by atoms with Gasteiger partial charge in [-0.3, -0.25) is 0 Å². The van der Waals surface area contributed by atoms with Gasteiger partial charge in [0.05, 0.1) is 5.97 Å². The summed E-state index contributed by atoms with van der Waals surface area (Å²) in [5, 5.41) is 35.7. The fourth-order valence-corrected chi connectivity index (χ4v) is 5.06. The van der Waals surface area contributed by atoms with Crippen LogP contribution in [-0.4, -0.2) is 22.6 Å². The van der Waals surface area contributed by atoms with Crippen LogP contribution in [0, 0.1) is 17.8 Å². The van der Waals surface area contributed by atoms with Crippen molar-refractivity contribution in [3.05, 3.63) is 0 Å². The molecule has 0 bridgehead atoms. The molecule has 0 heterocycles. The summed E-state index contributed by atoms with van der Waals surface area (Å²) >= 11 is 0. The first kappa shape index (κ1) is 31.9. The minimum absolute atomic E-state index is 0.0230. The fourth-order valence-electron chi connectivity index (χ4n) is 5.06. The van der Waals surface area contributed by atoms with Crippen LogP contribution in [0.2, 0.25) is 0 Å². The van der Waals surface area contributed by atoms with E-state index in [0.29, 0.717) is 0 Å². The van der Waals surface area contributed by atoms with Gasteiger partial charge >= 0.3 is 0 Å². The van der Waals surface area contributed by atoms with Crippen molar-refractivity contribution in [2.24, 2.45) is 17.8 Å². The van der Waals surface area contributed by atoms with E-state index < -0.39 is 23.5 Å². The molecule has 0 amide bonds. The van der Waals surface area contributed by atoms with Crippen molar-refractivity contribution >= 4 is 11.9 Å². The topological polar surface area (TPSA) is 100 Å². The molecule has 0 saturated heterocycles. The van der Waals surface area contributed by atoms with Gasteiger partial charge in [0.2, 0.25) is 0 Å². The molecule has 0 aromatic carbocycles. The third kappa shape index (κ3) is 13.4. The van der Waals surface area contributed by atoms with E-state index in [1.54, 1.807) is 0 Å². The number of hydrogen-bond donors (Lipinski definition) is 1. The van der Waals surface area contributed by atoms with Crippen LogP contribution in [0.25, 0.3) is 0 Å². The molecule has 0 saturated carbocycles. The van der Waals surface area contributed by atoms with Gasteiger partial charge in [-0.15, -0.1) is 0 Å². The Balaban J connectivity index is 5.55. The number of hydrogen-bond acceptors (Lipinski definition) is 5. The van der Waals surface area contributed by atoms with E-state index >= 15 is 0 Å². The molecule has 0 aliphatic heterocycles. The Labute approximate surface area is 203 Å². The molecule has 196 valence electrons. The first-order valence-corrected chi connectivity index (χ1v) is 13.9. The van der Waals surface area contributed by atoms with E-state index in [1.807, 2.05) is 0 Å². The van der Waals surface area contributed by atoms with Crippen LogP contribution < -0.4 is 10.2 Å². The maximum atomic E-state index is 12.2. The molecule has 0 aromatic heterocycles. The van der Waals surface area contributed by atoms with Crippen LogP contribution in [0.5, 0.6) is 0 Å². The third-order valence-corrected chi connectivity index (χ3v) is 7.25. The zero-order valence-electron chi connectivity index (χ0n) is 22.0. The molecule has 0 radical (unpaired) electrons. The van der Waals surface area contributed by atoms with Gasteiger partial charge in [-0.1, -0.05) is 130 Å². The van der Waals surface area contributed by atoms with Crippen molar-refractivity contribution in [1.29, 1.82) is 0 Å². The molecule has 0 aromatic rings. The summed E-state index contributed by atoms with van der Waals surface area (Å²) in [5.74, 6) is -4.50. The third-order valence-electron chi connectivity index (χ3n) is 7.25. The Kier molecular flexibility index (Phi) is 18.6. The lowest BCUT2D eigenvalue weighted by atomic mass is 9.72. The zero-order valence-corrected chi connectivity index (χ0v) is 22.0. The van der Waals surface area contributed by atoms with Gasteiger partial charge in [0.1, 0.15) is 5.60 Å². The average Bonchev–Trinajstić information content (AvgIpc) is 2.78. The molecular formula is C28H52O5-2. The molecule has 5 heteroatoms. The number of carbonyl (C=O) groups is 2. The van der Waals surface area contributed by atoms with Gasteiger partial charge < -0.3 is 24.9 Å². The van der Waals surface area contributed by atoms with Gasteiger partial charge in [-0.2, -0.15) is 0 Å². The average molecular weight is 469 g/mol. The maximum Gasteiger partial charge on any atom is 0.112 e. The number of aliphatic carboxylic acids is 2. The summed E-state index contributed by atoms with van der Waals surface area (Å²) in [7, 11) is 0. The van der Waals surface area contributed by atoms with Crippen molar-refractivity contribution in [3.63, 3.8) is 0 Å². The number of rotatable bonds is 23. The van der Waals surface area contributed by atoms with Crippen LogP contribution in [0.3, 0.4) is 0 Å². The summed E-state index contributed by atoms with van der Waals surface area (Å²) in [6.07, 6.45) is 16.0. The Bertz CT molecular complexity index is 507. The van der Waals surface area contributed by atoms with E-state index in [1.165, 1.54) is 0 Å². The van der Waals surface area contributed by atoms with Crippen LogP contribution in [0.1, 0.15) is 143 Å². The quantitative estimate of drug-likeness (QED) is 0.209. The molecule has 4 unspecified atom stereocenters. The van der Waals surface area contributed by atoms with Crippen LogP contribution in [-0.2, 0) is 9.59 Å². The van der Waals surface area contributed by atoms with Gasteiger partial charge in [-0.05, 0) is 24.7 Å². The predicted octanol–water partition coefficient (Wildman–Crippen LogP) is 5.17. The molecule has 0 aliphatic carbocycles. The zero-order chi connectivity index (χ0) is 25.1. The lowest BCUT2D eigenvalue weighted by molar-refractivity contribution is -0.343. The van der Waals surface area contributed by atoms with Crippen LogP contribution in [0.15, 0.2) is 0 Å². The van der Waals surface area contributed by atoms with Gasteiger partial charge in [-0.25, -0.2) is 0 Å². The summed E-state index contributed by atoms with van der Waals surface area (Å²) in [5.41, 5.74) is -2.38. The minimum atomic E-state index is -2.38. The number of carbonyl (C=O) groups excluding carboxylic acids is 2. The Morgan fingerprint density at radius 3 is 1.52 bits per heavy atom. The summed E-state index contributed by atoms with van der Waals surface area (Å²) in [6, 6.07) is 0. The first-order chi connectivity index (χ1) is 15.8.